The minimum absolute atomic E-state index is 0.0117. The van der Waals surface area contributed by atoms with Gasteiger partial charge >= 0.3 is 0 Å². The van der Waals surface area contributed by atoms with E-state index in [4.69, 9.17) is 4.74 Å². The van der Waals surface area contributed by atoms with E-state index in [0.29, 0.717) is 4.60 Å². The third-order valence-electron chi connectivity index (χ3n) is 3.37. The Morgan fingerprint density at radius 1 is 1.15 bits per heavy atom. The van der Waals surface area contributed by atoms with E-state index in [1.165, 1.54) is 18.3 Å². The molecule has 1 N–H and O–H groups in total. The molecule has 0 fully saturated rings. The van der Waals surface area contributed by atoms with Crippen LogP contribution in [0.3, 0.4) is 0 Å². The first-order valence-electron chi connectivity index (χ1n) is 7.58. The van der Waals surface area contributed by atoms with Gasteiger partial charge in [0.2, 0.25) is 5.82 Å². The second-order valence-corrected chi connectivity index (χ2v) is 7.91. The molecule has 0 saturated heterocycles. The van der Waals surface area contributed by atoms with Crippen LogP contribution < -0.4 is 9.46 Å². The average Bonchev–Trinajstić information content (AvgIpc) is 2.63. The number of anilines is 1. The zero-order chi connectivity index (χ0) is 18.6. The molecule has 0 unspecified atom stereocenters. The van der Waals surface area contributed by atoms with Gasteiger partial charge in [-0.1, -0.05) is 23.8 Å². The summed E-state index contributed by atoms with van der Waals surface area (Å²) in [4.78, 5) is 12.4. The number of pyridine rings is 1. The molecule has 0 bridgehead atoms. The van der Waals surface area contributed by atoms with Gasteiger partial charge in [0.25, 0.3) is 15.9 Å². The molecule has 26 heavy (non-hydrogen) atoms. The molecule has 2 aromatic heterocycles. The van der Waals surface area contributed by atoms with Gasteiger partial charge in [-0.15, -0.1) is 0 Å². The number of aromatic nitrogens is 3. The number of halogens is 1. The number of sulfonamides is 1. The Morgan fingerprint density at radius 3 is 2.62 bits per heavy atom. The van der Waals surface area contributed by atoms with Gasteiger partial charge in [0, 0.05) is 18.0 Å². The summed E-state index contributed by atoms with van der Waals surface area (Å²) in [6, 6.07) is 10.1. The van der Waals surface area contributed by atoms with Crippen molar-refractivity contribution < 1.29 is 13.2 Å². The third kappa shape index (κ3) is 4.55. The fraction of sp³-hybridized carbons (Fsp3) is 0.118. The van der Waals surface area contributed by atoms with Gasteiger partial charge in [0.15, 0.2) is 0 Å². The van der Waals surface area contributed by atoms with Gasteiger partial charge in [-0.2, -0.15) is 0 Å². The highest BCUT2D eigenvalue weighted by atomic mass is 79.9. The van der Waals surface area contributed by atoms with Gasteiger partial charge in [-0.25, -0.2) is 18.4 Å². The lowest BCUT2D eigenvalue weighted by atomic mass is 10.2. The lowest BCUT2D eigenvalue weighted by molar-refractivity contribution is 0.293. The minimum atomic E-state index is -3.81. The monoisotopic (exact) mass is 434 g/mol. The largest absolute Gasteiger partial charge is 0.470 e. The van der Waals surface area contributed by atoms with Gasteiger partial charge in [0.05, 0.1) is 11.1 Å². The molecule has 0 saturated carbocycles. The fourth-order valence-electron chi connectivity index (χ4n) is 2.06. The Morgan fingerprint density at radius 2 is 1.92 bits per heavy atom. The molecule has 0 aliphatic carbocycles. The van der Waals surface area contributed by atoms with Gasteiger partial charge < -0.3 is 4.74 Å². The summed E-state index contributed by atoms with van der Waals surface area (Å²) in [5.41, 5.74) is 1.79. The number of aryl methyl sites for hydroxylation is 1. The standard InChI is InChI=1S/C17H15BrN4O3S/c1-12-4-6-14(7-5-12)26(23,24)22-16-17(21-15(18)10-20-16)25-11-13-3-2-8-19-9-13/h2-10H,11H2,1H3,(H,20,22). The molecule has 0 radical (unpaired) electrons. The van der Waals surface area contributed by atoms with Crippen LogP contribution in [0.2, 0.25) is 0 Å². The lowest BCUT2D eigenvalue weighted by Crippen LogP contribution is -2.15. The van der Waals surface area contributed by atoms with Gasteiger partial charge in [0.1, 0.15) is 11.2 Å². The molecule has 0 atom stereocenters. The second-order valence-electron chi connectivity index (χ2n) is 5.41. The summed E-state index contributed by atoms with van der Waals surface area (Å²) in [5, 5.41) is 0. The van der Waals surface area contributed by atoms with Crippen LogP contribution in [0.4, 0.5) is 5.82 Å². The minimum Gasteiger partial charge on any atom is -0.470 e. The Labute approximate surface area is 159 Å². The first-order chi connectivity index (χ1) is 12.4. The van der Waals surface area contributed by atoms with Crippen LogP contribution >= 0.6 is 15.9 Å². The quantitative estimate of drug-likeness (QED) is 0.639. The molecule has 3 rings (SSSR count). The highest BCUT2D eigenvalue weighted by molar-refractivity contribution is 9.10. The van der Waals surface area contributed by atoms with Crippen molar-refractivity contribution in [2.24, 2.45) is 0 Å². The summed E-state index contributed by atoms with van der Waals surface area (Å²) in [7, 11) is -3.81. The van der Waals surface area contributed by atoms with Crippen molar-refractivity contribution in [2.45, 2.75) is 18.4 Å². The molecule has 134 valence electrons. The zero-order valence-corrected chi connectivity index (χ0v) is 16.2. The molecule has 0 spiro atoms. The zero-order valence-electron chi connectivity index (χ0n) is 13.8. The predicted octanol–water partition coefficient (Wildman–Crippen LogP) is 3.32. The van der Waals surface area contributed by atoms with E-state index in [0.717, 1.165) is 11.1 Å². The third-order valence-corrected chi connectivity index (χ3v) is 5.11. The maximum atomic E-state index is 12.6. The number of nitrogens with zero attached hydrogens (tertiary/aromatic N) is 3. The van der Waals surface area contributed by atoms with E-state index < -0.39 is 10.0 Å². The number of benzene rings is 1. The molecule has 3 aromatic rings. The van der Waals surface area contributed by atoms with Crippen LogP contribution in [0.5, 0.6) is 5.88 Å². The Bertz CT molecular complexity index is 996. The fourth-order valence-corrected chi connectivity index (χ4v) is 3.33. The van der Waals surface area contributed by atoms with Crippen molar-refractivity contribution in [3.63, 3.8) is 0 Å². The Balaban J connectivity index is 1.84. The van der Waals surface area contributed by atoms with Crippen LogP contribution in [-0.4, -0.2) is 23.4 Å². The van der Waals surface area contributed by atoms with Crippen LogP contribution in [0, 0.1) is 6.92 Å². The topological polar surface area (TPSA) is 94.1 Å². The predicted molar refractivity (Wildman–Crippen MR) is 100 cm³/mol. The number of nitrogens with one attached hydrogen (secondary N) is 1. The number of rotatable bonds is 6. The number of hydrogen-bond acceptors (Lipinski definition) is 6. The average molecular weight is 435 g/mol. The van der Waals surface area contributed by atoms with Gasteiger partial charge in [-0.05, 0) is 41.1 Å². The van der Waals surface area contributed by atoms with E-state index in [9.17, 15) is 8.42 Å². The Kier molecular flexibility index (Phi) is 5.48. The highest BCUT2D eigenvalue weighted by Gasteiger charge is 2.19. The summed E-state index contributed by atoms with van der Waals surface area (Å²) >= 11 is 3.21. The molecule has 7 nitrogen and oxygen atoms in total. The number of hydrogen-bond donors (Lipinski definition) is 1. The van der Waals surface area contributed by atoms with Crippen molar-refractivity contribution in [3.8, 4) is 5.88 Å². The maximum Gasteiger partial charge on any atom is 0.263 e. The van der Waals surface area contributed by atoms with E-state index in [1.807, 2.05) is 13.0 Å². The van der Waals surface area contributed by atoms with Crippen molar-refractivity contribution in [1.82, 2.24) is 15.0 Å². The van der Waals surface area contributed by atoms with Crippen molar-refractivity contribution in [2.75, 3.05) is 4.72 Å². The molecule has 9 heteroatoms. The SMILES string of the molecule is Cc1ccc(S(=O)(=O)Nc2ncc(Br)nc2OCc2cccnc2)cc1. The van der Waals surface area contributed by atoms with Crippen molar-refractivity contribution in [3.05, 3.63) is 70.7 Å². The summed E-state index contributed by atoms with van der Waals surface area (Å²) in [5.74, 6) is 0.0802. The normalized spacial score (nSPS) is 11.2. The Hall–Kier alpha value is -2.52. The molecule has 0 aliphatic rings. The highest BCUT2D eigenvalue weighted by Crippen LogP contribution is 2.25. The van der Waals surface area contributed by atoms with E-state index >= 15 is 0 Å². The van der Waals surface area contributed by atoms with E-state index in [1.54, 1.807) is 30.6 Å². The molecule has 0 amide bonds. The first-order valence-corrected chi connectivity index (χ1v) is 9.85. The van der Waals surface area contributed by atoms with E-state index in [-0.39, 0.29) is 23.2 Å². The van der Waals surface area contributed by atoms with Gasteiger partial charge in [-0.3, -0.25) is 9.71 Å². The molecule has 0 aliphatic heterocycles. The molecule has 2 heterocycles. The smallest absolute Gasteiger partial charge is 0.263 e. The van der Waals surface area contributed by atoms with Crippen LogP contribution in [0.25, 0.3) is 0 Å². The summed E-state index contributed by atoms with van der Waals surface area (Å²) < 4.78 is 33.6. The molecule has 1 aromatic carbocycles. The first kappa shape index (κ1) is 18.3. The van der Waals surface area contributed by atoms with Crippen molar-refractivity contribution >= 4 is 31.8 Å². The van der Waals surface area contributed by atoms with Crippen LogP contribution in [0.15, 0.2) is 64.5 Å². The maximum absolute atomic E-state index is 12.6. The number of ether oxygens (including phenoxy) is 1. The van der Waals surface area contributed by atoms with E-state index in [2.05, 4.69) is 35.6 Å². The summed E-state index contributed by atoms with van der Waals surface area (Å²) in [6.45, 7) is 2.06. The van der Waals surface area contributed by atoms with Crippen LogP contribution in [0.1, 0.15) is 11.1 Å². The summed E-state index contributed by atoms with van der Waals surface area (Å²) in [6.07, 6.45) is 4.70. The second kappa shape index (κ2) is 7.79. The molecular formula is C17H15BrN4O3S. The molecular weight excluding hydrogens is 420 g/mol. The van der Waals surface area contributed by atoms with Crippen LogP contribution in [-0.2, 0) is 16.6 Å². The lowest BCUT2D eigenvalue weighted by Gasteiger charge is -2.12. The van der Waals surface area contributed by atoms with Crippen molar-refractivity contribution in [1.29, 1.82) is 0 Å².